The summed E-state index contributed by atoms with van der Waals surface area (Å²) in [6.07, 6.45) is 2.51. The molecule has 2 aromatic rings. The Morgan fingerprint density at radius 2 is 2.21 bits per heavy atom. The summed E-state index contributed by atoms with van der Waals surface area (Å²) in [6.45, 7) is 4.71. The maximum atomic E-state index is 5.79. The van der Waals surface area contributed by atoms with Gasteiger partial charge in [-0.1, -0.05) is 6.92 Å². The van der Waals surface area contributed by atoms with E-state index in [1.807, 2.05) is 13.8 Å². The molecule has 0 radical (unpaired) electrons. The van der Waals surface area contributed by atoms with Gasteiger partial charge >= 0.3 is 6.01 Å². The van der Waals surface area contributed by atoms with Crippen molar-refractivity contribution in [3.05, 3.63) is 23.1 Å². The van der Waals surface area contributed by atoms with E-state index in [0.29, 0.717) is 25.0 Å². The van der Waals surface area contributed by atoms with E-state index < -0.39 is 0 Å². The Bertz CT molecular complexity index is 546. The fourth-order valence-corrected chi connectivity index (χ4v) is 1.46. The van der Waals surface area contributed by atoms with Crippen LogP contribution in [0.3, 0.4) is 0 Å². The van der Waals surface area contributed by atoms with E-state index in [4.69, 9.17) is 20.8 Å². The molecule has 2 heterocycles. The first-order chi connectivity index (χ1) is 9.17. The van der Waals surface area contributed by atoms with Crippen molar-refractivity contribution in [1.29, 1.82) is 0 Å². The van der Waals surface area contributed by atoms with E-state index in [1.54, 1.807) is 6.20 Å². The van der Waals surface area contributed by atoms with E-state index >= 15 is 0 Å². The Labute approximate surface area is 115 Å². The number of aryl methyl sites for hydroxylation is 1. The highest BCUT2D eigenvalue weighted by Gasteiger charge is 2.07. The molecule has 0 saturated heterocycles. The van der Waals surface area contributed by atoms with Crippen molar-refractivity contribution in [2.75, 3.05) is 11.9 Å². The lowest BCUT2D eigenvalue weighted by Gasteiger charge is -2.05. The number of halogens is 1. The van der Waals surface area contributed by atoms with Gasteiger partial charge < -0.3 is 14.5 Å². The van der Waals surface area contributed by atoms with Gasteiger partial charge in [0.25, 0.3) is 0 Å². The Kier molecular flexibility index (Phi) is 4.51. The first-order valence-electron chi connectivity index (χ1n) is 5.87. The molecule has 0 atom stereocenters. The second-order valence-electron chi connectivity index (χ2n) is 3.78. The maximum absolute atomic E-state index is 5.79. The molecule has 1 N–H and O–H groups in total. The van der Waals surface area contributed by atoms with Gasteiger partial charge in [-0.25, -0.2) is 4.98 Å². The van der Waals surface area contributed by atoms with Crippen LogP contribution in [0.5, 0.6) is 6.01 Å². The number of oxazole rings is 1. The Morgan fingerprint density at radius 1 is 1.37 bits per heavy atom. The zero-order valence-electron chi connectivity index (χ0n) is 10.7. The van der Waals surface area contributed by atoms with Gasteiger partial charge in [0.2, 0.25) is 17.1 Å². The van der Waals surface area contributed by atoms with Gasteiger partial charge in [0, 0.05) is 0 Å². The van der Waals surface area contributed by atoms with E-state index in [-0.39, 0.29) is 11.3 Å². The van der Waals surface area contributed by atoms with Crippen LogP contribution in [0.2, 0.25) is 5.28 Å². The number of hydrogen-bond donors (Lipinski definition) is 1. The molecule has 0 bridgehead atoms. The molecular weight excluding hydrogens is 270 g/mol. The van der Waals surface area contributed by atoms with Crippen LogP contribution in [0.15, 0.2) is 10.6 Å². The minimum absolute atomic E-state index is 0.0761. The van der Waals surface area contributed by atoms with Gasteiger partial charge in [-0.15, -0.1) is 0 Å². The highest BCUT2D eigenvalue weighted by molar-refractivity contribution is 6.28. The molecule has 102 valence electrons. The second-order valence-corrected chi connectivity index (χ2v) is 4.12. The van der Waals surface area contributed by atoms with Crippen molar-refractivity contribution in [3.8, 4) is 6.01 Å². The van der Waals surface area contributed by atoms with Gasteiger partial charge in [-0.05, 0) is 24.9 Å². The summed E-state index contributed by atoms with van der Waals surface area (Å²) < 4.78 is 10.6. The molecule has 7 nitrogen and oxygen atoms in total. The third-order valence-electron chi connectivity index (χ3n) is 2.09. The lowest BCUT2D eigenvalue weighted by atomic mass is 10.5. The minimum atomic E-state index is 0.0761. The molecule has 2 aromatic heterocycles. The van der Waals surface area contributed by atoms with Gasteiger partial charge in [-0.3, -0.25) is 0 Å². The van der Waals surface area contributed by atoms with Gasteiger partial charge in [0.15, 0.2) is 0 Å². The van der Waals surface area contributed by atoms with Crippen molar-refractivity contribution in [1.82, 2.24) is 19.9 Å². The normalized spacial score (nSPS) is 10.5. The molecule has 0 amide bonds. The molecule has 2 rings (SSSR count). The zero-order valence-corrected chi connectivity index (χ0v) is 11.4. The van der Waals surface area contributed by atoms with Crippen LogP contribution in [-0.4, -0.2) is 26.5 Å². The highest BCUT2D eigenvalue weighted by atomic mass is 35.5. The SMILES string of the molecule is CCCOc1nc(Cl)nc(NCc2ncc(C)o2)n1. The maximum Gasteiger partial charge on any atom is 0.322 e. The Morgan fingerprint density at radius 3 is 2.89 bits per heavy atom. The van der Waals surface area contributed by atoms with E-state index in [2.05, 4.69) is 25.3 Å². The minimum Gasteiger partial charge on any atom is -0.463 e. The van der Waals surface area contributed by atoms with Crippen molar-refractivity contribution in [2.45, 2.75) is 26.8 Å². The molecule has 0 unspecified atom stereocenters. The summed E-state index contributed by atoms with van der Waals surface area (Å²) in [7, 11) is 0. The van der Waals surface area contributed by atoms with E-state index in [1.165, 1.54) is 0 Å². The largest absolute Gasteiger partial charge is 0.463 e. The number of aromatic nitrogens is 4. The standard InChI is InChI=1S/C11H14ClN5O2/c1-3-4-18-11-16-9(12)15-10(17-11)14-6-8-13-5-7(2)19-8/h5H,3-4,6H2,1-2H3,(H,14,15,16,17). The number of rotatable bonds is 6. The molecule has 8 heteroatoms. The van der Waals surface area contributed by atoms with E-state index in [9.17, 15) is 0 Å². The lowest BCUT2D eigenvalue weighted by molar-refractivity contribution is 0.291. The lowest BCUT2D eigenvalue weighted by Crippen LogP contribution is -2.07. The number of anilines is 1. The van der Waals surface area contributed by atoms with E-state index in [0.717, 1.165) is 12.2 Å². The average molecular weight is 284 g/mol. The van der Waals surface area contributed by atoms with Crippen LogP contribution in [-0.2, 0) is 6.54 Å². The topological polar surface area (TPSA) is 86.0 Å². The van der Waals surface area contributed by atoms with Crippen molar-refractivity contribution in [2.24, 2.45) is 0 Å². The zero-order chi connectivity index (χ0) is 13.7. The van der Waals surface area contributed by atoms with Crippen LogP contribution in [0.25, 0.3) is 0 Å². The Hall–Kier alpha value is -1.89. The van der Waals surface area contributed by atoms with Gasteiger partial charge in [0.1, 0.15) is 5.76 Å². The number of hydrogen-bond acceptors (Lipinski definition) is 7. The predicted octanol–water partition coefficient (Wildman–Crippen LogP) is 2.22. The van der Waals surface area contributed by atoms with Crippen LogP contribution in [0.1, 0.15) is 25.0 Å². The number of nitrogens with one attached hydrogen (secondary N) is 1. The first-order valence-corrected chi connectivity index (χ1v) is 6.24. The van der Waals surface area contributed by atoms with Crippen molar-refractivity contribution in [3.63, 3.8) is 0 Å². The Balaban J connectivity index is 2.01. The van der Waals surface area contributed by atoms with Crippen LogP contribution >= 0.6 is 11.6 Å². The van der Waals surface area contributed by atoms with Crippen LogP contribution in [0, 0.1) is 6.92 Å². The second kappa shape index (κ2) is 6.33. The highest BCUT2D eigenvalue weighted by Crippen LogP contribution is 2.12. The molecule has 19 heavy (non-hydrogen) atoms. The molecule has 0 aromatic carbocycles. The first kappa shape index (κ1) is 13.5. The smallest absolute Gasteiger partial charge is 0.322 e. The molecule has 0 aliphatic carbocycles. The molecule has 0 aliphatic rings. The fourth-order valence-electron chi connectivity index (χ4n) is 1.31. The molecule has 0 aliphatic heterocycles. The summed E-state index contributed by atoms with van der Waals surface area (Å²) >= 11 is 5.79. The fraction of sp³-hybridized carbons (Fsp3) is 0.455. The summed E-state index contributed by atoms with van der Waals surface area (Å²) in [5, 5.41) is 3.03. The monoisotopic (exact) mass is 283 g/mol. The molecule has 0 fully saturated rings. The van der Waals surface area contributed by atoms with Crippen molar-refractivity contribution >= 4 is 17.5 Å². The number of ether oxygens (including phenoxy) is 1. The summed E-state index contributed by atoms with van der Waals surface area (Å²) in [5.74, 6) is 1.62. The summed E-state index contributed by atoms with van der Waals surface area (Å²) in [6, 6.07) is 0.202. The third-order valence-corrected chi connectivity index (χ3v) is 2.26. The van der Waals surface area contributed by atoms with Gasteiger partial charge in [0.05, 0.1) is 19.3 Å². The van der Waals surface area contributed by atoms with Crippen LogP contribution in [0.4, 0.5) is 5.95 Å². The predicted molar refractivity (Wildman–Crippen MR) is 69.2 cm³/mol. The number of nitrogens with zero attached hydrogens (tertiary/aromatic N) is 4. The quantitative estimate of drug-likeness (QED) is 0.870. The molecule has 0 spiro atoms. The summed E-state index contributed by atoms with van der Waals surface area (Å²) in [4.78, 5) is 16.0. The van der Waals surface area contributed by atoms with Crippen molar-refractivity contribution < 1.29 is 9.15 Å². The third kappa shape index (κ3) is 4.06. The van der Waals surface area contributed by atoms with Crippen LogP contribution < -0.4 is 10.1 Å². The molecule has 0 saturated carbocycles. The van der Waals surface area contributed by atoms with Gasteiger partial charge in [-0.2, -0.15) is 15.0 Å². The molecular formula is C11H14ClN5O2. The average Bonchev–Trinajstić information content (AvgIpc) is 2.79. The summed E-state index contributed by atoms with van der Waals surface area (Å²) in [5.41, 5.74) is 0.